The van der Waals surface area contributed by atoms with Crippen molar-refractivity contribution in [2.24, 2.45) is 5.92 Å². The zero-order chi connectivity index (χ0) is 16.2. The summed E-state index contributed by atoms with van der Waals surface area (Å²) in [5.41, 5.74) is 2.04. The van der Waals surface area contributed by atoms with Gasteiger partial charge < -0.3 is 5.32 Å². The minimum Gasteiger partial charge on any atom is -0.352 e. The molecule has 0 spiro atoms. The van der Waals surface area contributed by atoms with Gasteiger partial charge in [-0.1, -0.05) is 0 Å². The van der Waals surface area contributed by atoms with Gasteiger partial charge in [0.05, 0.1) is 11.8 Å². The Balaban J connectivity index is 1.45. The average molecular weight is 332 g/mol. The summed E-state index contributed by atoms with van der Waals surface area (Å²) in [7, 11) is 0. The molecule has 1 aliphatic rings. The summed E-state index contributed by atoms with van der Waals surface area (Å²) >= 11 is 1.84. The highest BCUT2D eigenvalue weighted by Crippen LogP contribution is 2.22. The first-order valence-electron chi connectivity index (χ1n) is 8.21. The van der Waals surface area contributed by atoms with E-state index in [0.717, 1.165) is 39.1 Å². The molecule has 1 fully saturated rings. The fourth-order valence-electron chi connectivity index (χ4n) is 2.99. The van der Waals surface area contributed by atoms with E-state index in [0.29, 0.717) is 11.5 Å². The van der Waals surface area contributed by atoms with Gasteiger partial charge in [0.1, 0.15) is 0 Å². The largest absolute Gasteiger partial charge is 0.352 e. The molecule has 0 aromatic carbocycles. The molecule has 1 N–H and O–H groups in total. The van der Waals surface area contributed by atoms with Crippen molar-refractivity contribution < 1.29 is 4.79 Å². The average Bonchev–Trinajstić information content (AvgIpc) is 3.27. The molecular formula is C17H24N4OS. The predicted molar refractivity (Wildman–Crippen MR) is 92.7 cm³/mol. The van der Waals surface area contributed by atoms with Gasteiger partial charge >= 0.3 is 0 Å². The number of amides is 1. The van der Waals surface area contributed by atoms with Crippen molar-refractivity contribution >= 4 is 17.2 Å². The second kappa shape index (κ2) is 7.27. The van der Waals surface area contributed by atoms with Crippen LogP contribution < -0.4 is 5.32 Å². The van der Waals surface area contributed by atoms with Gasteiger partial charge in [-0.2, -0.15) is 5.10 Å². The SMILES string of the molecule is CCn1cc(C(=O)NCC2CCN(Cc3sccc3C)C2)cn1. The van der Waals surface area contributed by atoms with Crippen LogP contribution >= 0.6 is 11.3 Å². The van der Waals surface area contributed by atoms with Crippen LogP contribution in [0.2, 0.25) is 0 Å². The normalized spacial score (nSPS) is 18.4. The van der Waals surface area contributed by atoms with Crippen LogP contribution in [0.5, 0.6) is 0 Å². The number of nitrogens with one attached hydrogen (secondary N) is 1. The first-order valence-corrected chi connectivity index (χ1v) is 9.09. The Morgan fingerprint density at radius 3 is 3.09 bits per heavy atom. The minimum absolute atomic E-state index is 0.0164. The first kappa shape index (κ1) is 16.2. The molecule has 2 aromatic rings. The number of hydrogen-bond acceptors (Lipinski definition) is 4. The van der Waals surface area contributed by atoms with Gasteiger partial charge in [0.15, 0.2) is 0 Å². The maximum absolute atomic E-state index is 12.1. The molecule has 6 heteroatoms. The Morgan fingerprint density at radius 1 is 1.52 bits per heavy atom. The lowest BCUT2D eigenvalue weighted by molar-refractivity contribution is 0.0947. The van der Waals surface area contributed by atoms with Crippen molar-refractivity contribution in [3.05, 3.63) is 39.8 Å². The molecule has 3 rings (SSSR count). The molecule has 2 aromatic heterocycles. The molecule has 1 saturated heterocycles. The third kappa shape index (κ3) is 4.00. The van der Waals surface area contributed by atoms with Crippen LogP contribution in [0.3, 0.4) is 0 Å². The number of aromatic nitrogens is 2. The van der Waals surface area contributed by atoms with E-state index >= 15 is 0 Å². The van der Waals surface area contributed by atoms with Crippen LogP contribution in [0, 0.1) is 12.8 Å². The predicted octanol–water partition coefficient (Wildman–Crippen LogP) is 2.52. The van der Waals surface area contributed by atoms with E-state index < -0.39 is 0 Å². The van der Waals surface area contributed by atoms with E-state index in [9.17, 15) is 4.79 Å². The van der Waals surface area contributed by atoms with Gasteiger partial charge in [0, 0.05) is 37.3 Å². The smallest absolute Gasteiger partial charge is 0.254 e. The molecule has 0 bridgehead atoms. The maximum Gasteiger partial charge on any atom is 0.254 e. The topological polar surface area (TPSA) is 50.2 Å². The van der Waals surface area contributed by atoms with Gasteiger partial charge in [0.25, 0.3) is 5.91 Å². The number of aryl methyl sites for hydroxylation is 2. The third-order valence-corrected chi connectivity index (χ3v) is 5.48. The van der Waals surface area contributed by atoms with E-state index in [1.165, 1.54) is 10.4 Å². The monoisotopic (exact) mass is 332 g/mol. The number of rotatable bonds is 6. The second-order valence-corrected chi connectivity index (χ2v) is 7.21. The van der Waals surface area contributed by atoms with Gasteiger partial charge in [-0.05, 0) is 49.7 Å². The van der Waals surface area contributed by atoms with Crippen LogP contribution in [0.1, 0.15) is 34.1 Å². The minimum atomic E-state index is -0.0164. The molecule has 3 heterocycles. The van der Waals surface area contributed by atoms with E-state index in [-0.39, 0.29) is 5.91 Å². The second-order valence-electron chi connectivity index (χ2n) is 6.21. The summed E-state index contributed by atoms with van der Waals surface area (Å²) in [6.07, 6.45) is 4.59. The third-order valence-electron chi connectivity index (χ3n) is 4.48. The van der Waals surface area contributed by atoms with Gasteiger partial charge in [-0.15, -0.1) is 11.3 Å². The Bertz CT molecular complexity index is 663. The number of nitrogens with zero attached hydrogens (tertiary/aromatic N) is 3. The molecule has 5 nitrogen and oxygen atoms in total. The summed E-state index contributed by atoms with van der Waals surface area (Å²) in [5, 5.41) is 9.36. The standard InChI is InChI=1S/C17H24N4OS/c1-3-21-11-15(9-19-21)17(22)18-8-14-4-6-20(10-14)12-16-13(2)5-7-23-16/h5,7,9,11,14H,3-4,6,8,10,12H2,1-2H3,(H,18,22). The van der Waals surface area contributed by atoms with E-state index in [1.54, 1.807) is 17.1 Å². The van der Waals surface area contributed by atoms with Gasteiger partial charge in [-0.25, -0.2) is 0 Å². The lowest BCUT2D eigenvalue weighted by atomic mass is 10.1. The molecule has 1 atom stereocenters. The number of hydrogen-bond donors (Lipinski definition) is 1. The fourth-order valence-corrected chi connectivity index (χ4v) is 3.93. The van der Waals surface area contributed by atoms with Crippen LogP contribution in [0.4, 0.5) is 0 Å². The fraction of sp³-hybridized carbons (Fsp3) is 0.529. The summed E-state index contributed by atoms with van der Waals surface area (Å²) < 4.78 is 1.77. The number of carbonyl (C=O) groups excluding carboxylic acids is 1. The summed E-state index contributed by atoms with van der Waals surface area (Å²) in [4.78, 5) is 16.1. The van der Waals surface area contributed by atoms with Crippen molar-refractivity contribution in [2.45, 2.75) is 33.4 Å². The molecule has 124 valence electrons. The summed E-state index contributed by atoms with van der Waals surface area (Å²) in [5.74, 6) is 0.526. The molecule has 0 aliphatic carbocycles. The molecule has 1 aliphatic heterocycles. The summed E-state index contributed by atoms with van der Waals surface area (Å²) in [6.45, 7) is 8.94. The number of carbonyl (C=O) groups is 1. The zero-order valence-corrected chi connectivity index (χ0v) is 14.6. The van der Waals surface area contributed by atoms with Crippen LogP contribution in [-0.4, -0.2) is 40.2 Å². The molecule has 1 amide bonds. The Kier molecular flexibility index (Phi) is 5.13. The quantitative estimate of drug-likeness (QED) is 0.884. The highest BCUT2D eigenvalue weighted by atomic mass is 32.1. The lowest BCUT2D eigenvalue weighted by Gasteiger charge is -2.16. The van der Waals surface area contributed by atoms with Crippen LogP contribution in [-0.2, 0) is 13.1 Å². The van der Waals surface area contributed by atoms with Crippen molar-refractivity contribution in [3.63, 3.8) is 0 Å². The highest BCUT2D eigenvalue weighted by molar-refractivity contribution is 7.10. The highest BCUT2D eigenvalue weighted by Gasteiger charge is 2.23. The van der Waals surface area contributed by atoms with Gasteiger partial charge in [-0.3, -0.25) is 14.4 Å². The molecule has 1 unspecified atom stereocenters. The van der Waals surface area contributed by atoms with E-state index in [1.807, 2.05) is 18.3 Å². The molecular weight excluding hydrogens is 308 g/mol. The van der Waals surface area contributed by atoms with Crippen molar-refractivity contribution in [1.82, 2.24) is 20.0 Å². The summed E-state index contributed by atoms with van der Waals surface area (Å²) in [6, 6.07) is 2.18. The van der Waals surface area contributed by atoms with Crippen molar-refractivity contribution in [1.29, 1.82) is 0 Å². The Hall–Kier alpha value is -1.66. The lowest BCUT2D eigenvalue weighted by Crippen LogP contribution is -2.30. The molecule has 0 radical (unpaired) electrons. The molecule has 23 heavy (non-hydrogen) atoms. The van der Waals surface area contributed by atoms with Crippen molar-refractivity contribution in [2.75, 3.05) is 19.6 Å². The van der Waals surface area contributed by atoms with E-state index in [2.05, 4.69) is 33.7 Å². The molecule has 0 saturated carbocycles. The van der Waals surface area contributed by atoms with Gasteiger partial charge in [0.2, 0.25) is 0 Å². The van der Waals surface area contributed by atoms with E-state index in [4.69, 9.17) is 0 Å². The number of thiophene rings is 1. The van der Waals surface area contributed by atoms with Crippen LogP contribution in [0.25, 0.3) is 0 Å². The first-order chi connectivity index (χ1) is 11.2. The number of likely N-dealkylation sites (tertiary alicyclic amines) is 1. The Labute approximate surface area is 141 Å². The zero-order valence-electron chi connectivity index (χ0n) is 13.8. The Morgan fingerprint density at radius 2 is 2.39 bits per heavy atom. The maximum atomic E-state index is 12.1. The van der Waals surface area contributed by atoms with Crippen molar-refractivity contribution in [3.8, 4) is 0 Å². The van der Waals surface area contributed by atoms with Crippen LogP contribution in [0.15, 0.2) is 23.8 Å².